The molecule has 122 valence electrons. The predicted octanol–water partition coefficient (Wildman–Crippen LogP) is 3.09. The number of hydrogen-bond acceptors (Lipinski definition) is 3. The first-order chi connectivity index (χ1) is 10.2. The van der Waals surface area contributed by atoms with Crippen LogP contribution in [0.2, 0.25) is 0 Å². The molecular weight excluding hydrogens is 300 g/mol. The van der Waals surface area contributed by atoms with Gasteiger partial charge in [0.25, 0.3) is 0 Å². The lowest BCUT2D eigenvalue weighted by Gasteiger charge is -2.15. The van der Waals surface area contributed by atoms with Crippen LogP contribution in [0, 0.1) is 0 Å². The molecule has 1 aromatic rings. The van der Waals surface area contributed by atoms with Crippen LogP contribution in [-0.4, -0.2) is 25.1 Å². The molecule has 0 saturated heterocycles. The van der Waals surface area contributed by atoms with Crippen LogP contribution in [0.5, 0.6) is 0 Å². The maximum atomic E-state index is 12.2. The van der Waals surface area contributed by atoms with Crippen molar-refractivity contribution in [2.75, 3.05) is 18.4 Å². The van der Waals surface area contributed by atoms with Crippen LogP contribution >= 0.6 is 12.4 Å². The number of anilines is 1. The largest absolute Gasteiger partial charge is 0.356 e. The molecule has 0 spiro atoms. The van der Waals surface area contributed by atoms with Gasteiger partial charge in [0.05, 0.1) is 0 Å². The number of aryl methyl sites for hydroxylation is 2. The summed E-state index contributed by atoms with van der Waals surface area (Å²) in [5.41, 5.74) is 3.23. The normalized spacial score (nSPS) is 14.0. The van der Waals surface area contributed by atoms with Gasteiger partial charge in [-0.15, -0.1) is 12.4 Å². The summed E-state index contributed by atoms with van der Waals surface area (Å²) in [5, 5.41) is 8.91. The van der Waals surface area contributed by atoms with E-state index in [0.717, 1.165) is 55.6 Å². The quantitative estimate of drug-likeness (QED) is 0.800. The highest BCUT2D eigenvalue weighted by atomic mass is 35.5. The second kappa shape index (κ2) is 9.30. The van der Waals surface area contributed by atoms with Crippen molar-refractivity contribution in [1.29, 1.82) is 0 Å². The third kappa shape index (κ3) is 4.91. The summed E-state index contributed by atoms with van der Waals surface area (Å²) in [6.07, 6.45) is 3.92. The van der Waals surface area contributed by atoms with Gasteiger partial charge in [0.2, 0.25) is 0 Å². The predicted molar refractivity (Wildman–Crippen MR) is 94.1 cm³/mol. The SMILES string of the molecule is CCc1cccc(CC)c1NC(=O)NC1=NCCCCN1.Cl. The van der Waals surface area contributed by atoms with E-state index >= 15 is 0 Å². The van der Waals surface area contributed by atoms with Gasteiger partial charge in [-0.1, -0.05) is 32.0 Å². The highest BCUT2D eigenvalue weighted by Gasteiger charge is 2.12. The monoisotopic (exact) mass is 324 g/mol. The summed E-state index contributed by atoms with van der Waals surface area (Å²) in [4.78, 5) is 16.5. The number of carbonyl (C=O) groups excluding carboxylic acids is 1. The Balaban J connectivity index is 0.00000242. The minimum atomic E-state index is -0.237. The number of nitrogens with one attached hydrogen (secondary N) is 3. The lowest BCUT2D eigenvalue weighted by Crippen LogP contribution is -2.43. The average Bonchev–Trinajstić information content (AvgIpc) is 2.76. The van der Waals surface area contributed by atoms with Crippen LogP contribution in [-0.2, 0) is 12.8 Å². The van der Waals surface area contributed by atoms with Crippen molar-refractivity contribution in [2.45, 2.75) is 39.5 Å². The number of benzene rings is 1. The Bertz CT molecular complexity index is 509. The topological polar surface area (TPSA) is 65.5 Å². The van der Waals surface area contributed by atoms with Gasteiger partial charge in [-0.3, -0.25) is 10.3 Å². The third-order valence-corrected chi connectivity index (χ3v) is 3.62. The van der Waals surface area contributed by atoms with E-state index in [2.05, 4.69) is 46.9 Å². The third-order valence-electron chi connectivity index (χ3n) is 3.62. The zero-order chi connectivity index (χ0) is 15.1. The Kier molecular flexibility index (Phi) is 7.74. The van der Waals surface area contributed by atoms with Crippen LogP contribution < -0.4 is 16.0 Å². The van der Waals surface area contributed by atoms with Gasteiger partial charge in [0.1, 0.15) is 0 Å². The van der Waals surface area contributed by atoms with E-state index in [1.165, 1.54) is 0 Å². The molecule has 0 aliphatic carbocycles. The number of hydrogen-bond donors (Lipinski definition) is 3. The second-order valence-corrected chi connectivity index (χ2v) is 5.10. The number of urea groups is 1. The van der Waals surface area contributed by atoms with E-state index in [-0.39, 0.29) is 18.4 Å². The molecule has 0 fully saturated rings. The maximum Gasteiger partial charge on any atom is 0.326 e. The summed E-state index contributed by atoms with van der Waals surface area (Å²) in [6.45, 7) is 5.79. The zero-order valence-electron chi connectivity index (χ0n) is 13.2. The van der Waals surface area contributed by atoms with Crippen LogP contribution in [0.1, 0.15) is 37.8 Å². The Hall–Kier alpha value is -1.75. The average molecular weight is 325 g/mol. The number of halogens is 1. The van der Waals surface area contributed by atoms with E-state index in [1.54, 1.807) is 0 Å². The van der Waals surface area contributed by atoms with Crippen molar-refractivity contribution in [1.82, 2.24) is 10.6 Å². The van der Waals surface area contributed by atoms with Crippen molar-refractivity contribution < 1.29 is 4.79 Å². The van der Waals surface area contributed by atoms with Crippen molar-refractivity contribution in [3.63, 3.8) is 0 Å². The smallest absolute Gasteiger partial charge is 0.326 e. The van der Waals surface area contributed by atoms with Crippen LogP contribution in [0.15, 0.2) is 23.2 Å². The first kappa shape index (κ1) is 18.3. The van der Waals surface area contributed by atoms with E-state index in [9.17, 15) is 4.79 Å². The van der Waals surface area contributed by atoms with Gasteiger partial charge < -0.3 is 10.6 Å². The minimum absolute atomic E-state index is 0. The standard InChI is InChI=1S/C16H24N4O.ClH/c1-3-12-8-7-9-13(4-2)14(12)19-16(21)20-15-17-10-5-6-11-18-15;/h7-9H,3-6,10-11H2,1-2H3,(H3,17,18,19,20,21);1H. The lowest BCUT2D eigenvalue weighted by atomic mass is 10.0. The van der Waals surface area contributed by atoms with Crippen molar-refractivity contribution in [2.24, 2.45) is 4.99 Å². The molecule has 5 nitrogen and oxygen atoms in total. The summed E-state index contributed by atoms with van der Waals surface area (Å²) < 4.78 is 0. The molecule has 0 atom stereocenters. The van der Waals surface area contributed by atoms with Crippen LogP contribution in [0.3, 0.4) is 0 Å². The lowest BCUT2D eigenvalue weighted by molar-refractivity contribution is 0.256. The molecule has 0 aromatic heterocycles. The number of nitrogens with zero attached hydrogens (tertiary/aromatic N) is 1. The molecule has 1 aliphatic heterocycles. The van der Waals surface area contributed by atoms with Gasteiger partial charge in [-0.05, 0) is 36.8 Å². The first-order valence-corrected chi connectivity index (χ1v) is 7.71. The highest BCUT2D eigenvalue weighted by molar-refractivity contribution is 6.03. The molecule has 1 heterocycles. The van der Waals surface area contributed by atoms with E-state index in [0.29, 0.717) is 5.96 Å². The number of para-hydroxylation sites is 1. The Morgan fingerprint density at radius 2 is 1.86 bits per heavy atom. The number of aliphatic imine (C=N–C) groups is 1. The van der Waals surface area contributed by atoms with Crippen molar-refractivity contribution in [3.05, 3.63) is 29.3 Å². The molecule has 0 saturated carbocycles. The molecule has 3 N–H and O–H groups in total. The van der Waals surface area contributed by atoms with E-state index in [4.69, 9.17) is 0 Å². The summed E-state index contributed by atoms with van der Waals surface area (Å²) in [5.74, 6) is 0.567. The van der Waals surface area contributed by atoms with Gasteiger partial charge >= 0.3 is 6.03 Å². The molecule has 6 heteroatoms. The number of amides is 2. The minimum Gasteiger partial charge on any atom is -0.356 e. The molecule has 0 radical (unpaired) electrons. The van der Waals surface area contributed by atoms with Crippen molar-refractivity contribution in [3.8, 4) is 0 Å². The molecule has 0 unspecified atom stereocenters. The molecule has 2 rings (SSSR count). The number of carbonyl (C=O) groups is 1. The summed E-state index contributed by atoms with van der Waals surface area (Å²) in [6, 6.07) is 5.91. The highest BCUT2D eigenvalue weighted by Crippen LogP contribution is 2.22. The van der Waals surface area contributed by atoms with Crippen LogP contribution in [0.4, 0.5) is 10.5 Å². The zero-order valence-corrected chi connectivity index (χ0v) is 14.1. The molecule has 22 heavy (non-hydrogen) atoms. The summed E-state index contributed by atoms with van der Waals surface area (Å²) in [7, 11) is 0. The van der Waals surface area contributed by atoms with E-state index < -0.39 is 0 Å². The van der Waals surface area contributed by atoms with Gasteiger partial charge in [-0.2, -0.15) is 0 Å². The van der Waals surface area contributed by atoms with E-state index in [1.807, 2.05) is 6.07 Å². The fourth-order valence-corrected chi connectivity index (χ4v) is 2.43. The molecule has 1 aromatic carbocycles. The maximum absolute atomic E-state index is 12.2. The molecule has 1 aliphatic rings. The molecular formula is C16H25ClN4O. The second-order valence-electron chi connectivity index (χ2n) is 5.10. The van der Waals surface area contributed by atoms with Gasteiger partial charge in [-0.25, -0.2) is 4.79 Å². The Morgan fingerprint density at radius 3 is 2.50 bits per heavy atom. The number of guanidine groups is 1. The Morgan fingerprint density at radius 1 is 1.18 bits per heavy atom. The van der Waals surface area contributed by atoms with Crippen molar-refractivity contribution >= 4 is 30.1 Å². The summed E-state index contributed by atoms with van der Waals surface area (Å²) >= 11 is 0. The molecule has 0 bridgehead atoms. The van der Waals surface area contributed by atoms with Gasteiger partial charge in [0, 0.05) is 18.8 Å². The fourth-order valence-electron chi connectivity index (χ4n) is 2.43. The fraction of sp³-hybridized carbons (Fsp3) is 0.500. The first-order valence-electron chi connectivity index (χ1n) is 7.71. The molecule has 2 amide bonds. The Labute approximate surface area is 138 Å². The van der Waals surface area contributed by atoms with Gasteiger partial charge in [0.15, 0.2) is 5.96 Å². The number of rotatable bonds is 3. The van der Waals surface area contributed by atoms with Crippen LogP contribution in [0.25, 0.3) is 0 Å².